The fourth-order valence-corrected chi connectivity index (χ4v) is 1.63. The molecule has 0 atom stereocenters. The number of nitrogens with zero attached hydrogens (tertiary/aromatic N) is 1. The van der Waals surface area contributed by atoms with Crippen molar-refractivity contribution >= 4 is 11.8 Å². The molecule has 0 spiro atoms. The van der Waals surface area contributed by atoms with Gasteiger partial charge in [-0.3, -0.25) is 9.59 Å². The van der Waals surface area contributed by atoms with E-state index in [9.17, 15) is 9.59 Å². The summed E-state index contributed by atoms with van der Waals surface area (Å²) in [4.78, 5) is 24.9. The molecule has 4 heteroatoms. The van der Waals surface area contributed by atoms with Crippen LogP contribution in [0.4, 0.5) is 0 Å². The van der Waals surface area contributed by atoms with Crippen LogP contribution in [-0.4, -0.2) is 29.8 Å². The minimum atomic E-state index is -0.111. The molecule has 0 heterocycles. The summed E-state index contributed by atoms with van der Waals surface area (Å²) in [5.41, 5.74) is 1.02. The van der Waals surface area contributed by atoms with Crippen LogP contribution < -0.4 is 5.32 Å². The zero-order valence-corrected chi connectivity index (χ0v) is 11.8. The Kier molecular flexibility index (Phi) is 6.06. The van der Waals surface area contributed by atoms with Gasteiger partial charge >= 0.3 is 0 Å². The Bertz CT molecular complexity index is 415. The lowest BCUT2D eigenvalue weighted by Gasteiger charge is -2.21. The van der Waals surface area contributed by atoms with Gasteiger partial charge in [-0.2, -0.15) is 0 Å². The van der Waals surface area contributed by atoms with Crippen LogP contribution in [0.15, 0.2) is 30.3 Å². The number of rotatable bonds is 6. The lowest BCUT2D eigenvalue weighted by Crippen LogP contribution is -2.40. The summed E-state index contributed by atoms with van der Waals surface area (Å²) >= 11 is 0. The van der Waals surface area contributed by atoms with Crippen molar-refractivity contribution in [1.29, 1.82) is 0 Å². The van der Waals surface area contributed by atoms with Crippen LogP contribution in [0.1, 0.15) is 26.3 Å². The second kappa shape index (κ2) is 7.56. The molecule has 2 amide bonds. The SMILES string of the molecule is CC(=O)N(CC(=O)NCC(C)C)Cc1ccccc1. The molecule has 0 unspecified atom stereocenters. The monoisotopic (exact) mass is 262 g/mol. The zero-order valence-electron chi connectivity index (χ0n) is 11.8. The van der Waals surface area contributed by atoms with E-state index in [1.165, 1.54) is 6.92 Å². The van der Waals surface area contributed by atoms with Gasteiger partial charge in [-0.05, 0) is 11.5 Å². The largest absolute Gasteiger partial charge is 0.354 e. The molecule has 104 valence electrons. The number of hydrogen-bond acceptors (Lipinski definition) is 2. The van der Waals surface area contributed by atoms with Crippen molar-refractivity contribution in [2.75, 3.05) is 13.1 Å². The normalized spacial score (nSPS) is 10.3. The Morgan fingerprint density at radius 3 is 2.37 bits per heavy atom. The summed E-state index contributed by atoms with van der Waals surface area (Å²) in [7, 11) is 0. The molecule has 0 saturated heterocycles. The average Bonchev–Trinajstić information content (AvgIpc) is 2.36. The standard InChI is InChI=1S/C15H22N2O2/c1-12(2)9-16-15(19)11-17(13(3)18)10-14-7-5-4-6-8-14/h4-8,12H,9-11H2,1-3H3,(H,16,19). The third-order valence-electron chi connectivity index (χ3n) is 2.70. The highest BCUT2D eigenvalue weighted by Gasteiger charge is 2.13. The first-order valence-corrected chi connectivity index (χ1v) is 6.55. The Balaban J connectivity index is 2.54. The van der Waals surface area contributed by atoms with E-state index < -0.39 is 0 Å². The van der Waals surface area contributed by atoms with Gasteiger partial charge in [0.2, 0.25) is 11.8 Å². The summed E-state index contributed by atoms with van der Waals surface area (Å²) in [5.74, 6) is 0.201. The third kappa shape index (κ3) is 6.04. The Morgan fingerprint density at radius 2 is 1.84 bits per heavy atom. The maximum absolute atomic E-state index is 11.7. The van der Waals surface area contributed by atoms with E-state index in [4.69, 9.17) is 0 Å². The maximum atomic E-state index is 11.7. The quantitative estimate of drug-likeness (QED) is 0.850. The van der Waals surface area contributed by atoms with Gasteiger partial charge in [0.25, 0.3) is 0 Å². The fraction of sp³-hybridized carbons (Fsp3) is 0.467. The van der Waals surface area contributed by atoms with Crippen molar-refractivity contribution in [3.05, 3.63) is 35.9 Å². The van der Waals surface area contributed by atoms with Gasteiger partial charge in [-0.15, -0.1) is 0 Å². The average molecular weight is 262 g/mol. The van der Waals surface area contributed by atoms with E-state index in [0.717, 1.165) is 5.56 Å². The van der Waals surface area contributed by atoms with E-state index in [-0.39, 0.29) is 18.4 Å². The van der Waals surface area contributed by atoms with Gasteiger partial charge < -0.3 is 10.2 Å². The molecular formula is C15H22N2O2. The lowest BCUT2D eigenvalue weighted by molar-refractivity contribution is -0.134. The van der Waals surface area contributed by atoms with Gasteiger partial charge in [0, 0.05) is 20.0 Å². The first-order chi connectivity index (χ1) is 8.99. The second-order valence-electron chi connectivity index (χ2n) is 5.06. The molecule has 1 rings (SSSR count). The molecule has 1 aromatic carbocycles. The highest BCUT2D eigenvalue weighted by molar-refractivity contribution is 5.83. The van der Waals surface area contributed by atoms with Gasteiger partial charge in [0.15, 0.2) is 0 Å². The molecular weight excluding hydrogens is 240 g/mol. The highest BCUT2D eigenvalue weighted by atomic mass is 16.2. The molecule has 0 aliphatic heterocycles. The molecule has 0 aliphatic carbocycles. The lowest BCUT2D eigenvalue weighted by atomic mass is 10.2. The molecule has 0 saturated carbocycles. The number of benzene rings is 1. The minimum absolute atomic E-state index is 0.0939. The summed E-state index contributed by atoms with van der Waals surface area (Å²) in [6, 6.07) is 9.67. The van der Waals surface area contributed by atoms with Gasteiger partial charge in [0.05, 0.1) is 6.54 Å². The molecule has 19 heavy (non-hydrogen) atoms. The van der Waals surface area contributed by atoms with Crippen molar-refractivity contribution in [3.63, 3.8) is 0 Å². The summed E-state index contributed by atoms with van der Waals surface area (Å²) < 4.78 is 0. The van der Waals surface area contributed by atoms with E-state index in [2.05, 4.69) is 5.32 Å². The first-order valence-electron chi connectivity index (χ1n) is 6.55. The van der Waals surface area contributed by atoms with Crippen LogP contribution in [0, 0.1) is 5.92 Å². The summed E-state index contributed by atoms with van der Waals surface area (Å²) in [6.07, 6.45) is 0. The number of amides is 2. The number of nitrogens with one attached hydrogen (secondary N) is 1. The highest BCUT2D eigenvalue weighted by Crippen LogP contribution is 2.04. The van der Waals surface area contributed by atoms with Gasteiger partial charge in [-0.25, -0.2) is 0 Å². The van der Waals surface area contributed by atoms with E-state index in [0.29, 0.717) is 19.0 Å². The Labute approximate surface area is 114 Å². The van der Waals surface area contributed by atoms with Crippen molar-refractivity contribution in [1.82, 2.24) is 10.2 Å². The van der Waals surface area contributed by atoms with Crippen molar-refractivity contribution in [2.45, 2.75) is 27.3 Å². The summed E-state index contributed by atoms with van der Waals surface area (Å²) in [5, 5.41) is 2.82. The van der Waals surface area contributed by atoms with Crippen LogP contribution in [0.3, 0.4) is 0 Å². The van der Waals surface area contributed by atoms with Crippen molar-refractivity contribution in [3.8, 4) is 0 Å². The molecule has 0 bridgehead atoms. The predicted molar refractivity (Wildman–Crippen MR) is 75.4 cm³/mol. The minimum Gasteiger partial charge on any atom is -0.354 e. The molecule has 0 aromatic heterocycles. The van der Waals surface area contributed by atoms with Crippen LogP contribution >= 0.6 is 0 Å². The van der Waals surface area contributed by atoms with Gasteiger partial charge in [-0.1, -0.05) is 44.2 Å². The van der Waals surface area contributed by atoms with Crippen LogP contribution in [0.25, 0.3) is 0 Å². The fourth-order valence-electron chi connectivity index (χ4n) is 1.63. The smallest absolute Gasteiger partial charge is 0.239 e. The summed E-state index contributed by atoms with van der Waals surface area (Å²) in [6.45, 7) is 6.76. The first kappa shape index (κ1) is 15.2. The number of carbonyl (C=O) groups excluding carboxylic acids is 2. The van der Waals surface area contributed by atoms with E-state index >= 15 is 0 Å². The molecule has 0 radical (unpaired) electrons. The molecule has 4 nitrogen and oxygen atoms in total. The van der Waals surface area contributed by atoms with Gasteiger partial charge in [0.1, 0.15) is 0 Å². The van der Waals surface area contributed by atoms with Crippen LogP contribution in [0.2, 0.25) is 0 Å². The number of carbonyl (C=O) groups is 2. The zero-order chi connectivity index (χ0) is 14.3. The Morgan fingerprint density at radius 1 is 1.21 bits per heavy atom. The molecule has 1 N–H and O–H groups in total. The Hall–Kier alpha value is -1.84. The molecule has 0 fully saturated rings. The van der Waals surface area contributed by atoms with E-state index in [1.54, 1.807) is 4.90 Å². The molecule has 0 aliphatic rings. The second-order valence-corrected chi connectivity index (χ2v) is 5.06. The predicted octanol–water partition coefficient (Wildman–Crippen LogP) is 1.81. The van der Waals surface area contributed by atoms with Crippen molar-refractivity contribution < 1.29 is 9.59 Å². The maximum Gasteiger partial charge on any atom is 0.239 e. The third-order valence-corrected chi connectivity index (χ3v) is 2.70. The number of hydrogen-bond donors (Lipinski definition) is 1. The van der Waals surface area contributed by atoms with E-state index in [1.807, 2.05) is 44.2 Å². The van der Waals surface area contributed by atoms with Crippen LogP contribution in [0.5, 0.6) is 0 Å². The van der Waals surface area contributed by atoms with Crippen LogP contribution in [-0.2, 0) is 16.1 Å². The topological polar surface area (TPSA) is 49.4 Å². The molecule has 1 aromatic rings. The van der Waals surface area contributed by atoms with Crippen molar-refractivity contribution in [2.24, 2.45) is 5.92 Å².